The van der Waals surface area contributed by atoms with Crippen LogP contribution < -0.4 is 4.74 Å². The summed E-state index contributed by atoms with van der Waals surface area (Å²) >= 11 is 0. The first-order chi connectivity index (χ1) is 17.2. The summed E-state index contributed by atoms with van der Waals surface area (Å²) in [6, 6.07) is 1.67. The predicted molar refractivity (Wildman–Crippen MR) is 117 cm³/mol. The van der Waals surface area contributed by atoms with E-state index in [2.05, 4.69) is 0 Å². The Morgan fingerprint density at radius 3 is 1.86 bits per heavy atom. The predicted octanol–water partition coefficient (Wildman–Crippen LogP) is 1.27. The van der Waals surface area contributed by atoms with Crippen molar-refractivity contribution in [3.63, 3.8) is 0 Å². The molecule has 1 saturated heterocycles. The molecule has 16 nitrogen and oxygen atoms in total. The van der Waals surface area contributed by atoms with Crippen LogP contribution in [0.3, 0.4) is 0 Å². The van der Waals surface area contributed by atoms with E-state index in [0.717, 1.165) is 33.8 Å². The van der Waals surface area contributed by atoms with Crippen molar-refractivity contribution < 1.29 is 57.4 Å². The molecular formula is C21H24N2O14. The number of esters is 4. The molecule has 5 unspecified atom stereocenters. The summed E-state index contributed by atoms with van der Waals surface area (Å²) < 4.78 is 32.1. The van der Waals surface area contributed by atoms with Crippen LogP contribution in [0.1, 0.15) is 33.3 Å². The Morgan fingerprint density at radius 1 is 0.838 bits per heavy atom. The maximum atomic E-state index is 11.9. The number of aryl methyl sites for hydroxylation is 1. The number of nitrogens with zero attached hydrogens (tertiary/aromatic N) is 2. The first-order valence-corrected chi connectivity index (χ1v) is 10.6. The third-order valence-electron chi connectivity index (χ3n) is 4.83. The number of nitro benzene ring substituents is 2. The molecule has 37 heavy (non-hydrogen) atoms. The number of carbonyl (C=O) groups is 4. The van der Waals surface area contributed by atoms with Gasteiger partial charge >= 0.3 is 29.6 Å². The monoisotopic (exact) mass is 528 g/mol. The van der Waals surface area contributed by atoms with Gasteiger partial charge in [-0.2, -0.15) is 0 Å². The van der Waals surface area contributed by atoms with Gasteiger partial charge in [0.15, 0.2) is 12.2 Å². The molecule has 0 saturated carbocycles. The molecule has 2 rings (SSSR count). The van der Waals surface area contributed by atoms with Crippen molar-refractivity contribution >= 4 is 35.3 Å². The average Bonchev–Trinajstić information content (AvgIpc) is 2.76. The standard InChI is InChI=1S/C21H24N2O14/c1-9-6-14(22(28)29)7-15(23(30)31)17(9)37-21-20(35-13(5)27)19(34-12(4)26)18(33-11(3)25)16(36-21)8-32-10(2)24/h6-7,16,18-21H,8H2,1-5H3. The van der Waals surface area contributed by atoms with Gasteiger partial charge in [-0.25, -0.2) is 0 Å². The van der Waals surface area contributed by atoms with Gasteiger partial charge < -0.3 is 28.4 Å². The SMILES string of the molecule is CC(=O)OCC1OC(Oc2c(C)cc([N+](=O)[O-])cc2[N+](=O)[O-])C(OC(C)=O)C(OC(C)=O)C1OC(C)=O. The van der Waals surface area contributed by atoms with Gasteiger partial charge in [-0.15, -0.1) is 0 Å². The van der Waals surface area contributed by atoms with Crippen LogP contribution in [-0.2, 0) is 42.9 Å². The Kier molecular flexibility index (Phi) is 9.42. The van der Waals surface area contributed by atoms with Gasteiger partial charge in [0.1, 0.15) is 12.7 Å². The number of benzene rings is 1. The van der Waals surface area contributed by atoms with Crippen LogP contribution in [0.2, 0.25) is 0 Å². The molecule has 0 N–H and O–H groups in total. The molecule has 0 spiro atoms. The lowest BCUT2D eigenvalue weighted by molar-refractivity contribution is -0.395. The normalized spacial score (nSPS) is 22.8. The fraction of sp³-hybridized carbons (Fsp3) is 0.524. The van der Waals surface area contributed by atoms with Gasteiger partial charge in [-0.1, -0.05) is 0 Å². The second-order valence-corrected chi connectivity index (χ2v) is 7.81. The van der Waals surface area contributed by atoms with Crippen LogP contribution >= 0.6 is 0 Å². The molecule has 202 valence electrons. The lowest BCUT2D eigenvalue weighted by Gasteiger charge is -2.43. The highest BCUT2D eigenvalue weighted by Crippen LogP contribution is 2.38. The van der Waals surface area contributed by atoms with Gasteiger partial charge in [0.2, 0.25) is 18.1 Å². The van der Waals surface area contributed by atoms with Crippen molar-refractivity contribution in [3.05, 3.63) is 37.9 Å². The number of hydrogen-bond acceptors (Lipinski definition) is 14. The van der Waals surface area contributed by atoms with Gasteiger partial charge in [0.25, 0.3) is 5.69 Å². The van der Waals surface area contributed by atoms with Gasteiger partial charge in [0.05, 0.1) is 15.9 Å². The van der Waals surface area contributed by atoms with Crippen molar-refractivity contribution in [1.29, 1.82) is 0 Å². The smallest absolute Gasteiger partial charge is 0.318 e. The minimum atomic E-state index is -1.75. The second kappa shape index (κ2) is 12.1. The van der Waals surface area contributed by atoms with E-state index < -0.39 is 88.2 Å². The molecular weight excluding hydrogens is 504 g/mol. The molecule has 0 aromatic heterocycles. The summed E-state index contributed by atoms with van der Waals surface area (Å²) in [4.78, 5) is 68.0. The number of nitro groups is 2. The maximum absolute atomic E-state index is 11.9. The van der Waals surface area contributed by atoms with Crippen molar-refractivity contribution in [1.82, 2.24) is 0 Å². The van der Waals surface area contributed by atoms with Gasteiger partial charge in [0, 0.05) is 39.3 Å². The van der Waals surface area contributed by atoms with Crippen LogP contribution in [0.4, 0.5) is 11.4 Å². The summed E-state index contributed by atoms with van der Waals surface area (Å²) in [7, 11) is 0. The van der Waals surface area contributed by atoms with Crippen molar-refractivity contribution in [2.24, 2.45) is 0 Å². The molecule has 0 radical (unpaired) electrons. The molecule has 5 atom stereocenters. The van der Waals surface area contributed by atoms with Crippen LogP contribution in [0, 0.1) is 27.2 Å². The van der Waals surface area contributed by atoms with Crippen molar-refractivity contribution in [3.8, 4) is 5.75 Å². The molecule has 1 aromatic carbocycles. The minimum Gasteiger partial charge on any atom is -0.463 e. The Morgan fingerprint density at radius 2 is 1.38 bits per heavy atom. The highest BCUT2D eigenvalue weighted by molar-refractivity contribution is 5.69. The van der Waals surface area contributed by atoms with Crippen molar-refractivity contribution in [2.75, 3.05) is 6.61 Å². The lowest BCUT2D eigenvalue weighted by Crippen LogP contribution is -2.63. The Hall–Kier alpha value is -4.34. The molecule has 1 aromatic rings. The largest absolute Gasteiger partial charge is 0.463 e. The zero-order chi connectivity index (χ0) is 28.0. The average molecular weight is 528 g/mol. The van der Waals surface area contributed by atoms with Crippen LogP contribution in [0.15, 0.2) is 12.1 Å². The van der Waals surface area contributed by atoms with Crippen LogP contribution in [0.5, 0.6) is 5.75 Å². The number of carbonyl (C=O) groups excluding carboxylic acids is 4. The quantitative estimate of drug-likeness (QED) is 0.191. The third-order valence-corrected chi connectivity index (χ3v) is 4.83. The molecule has 0 bridgehead atoms. The van der Waals surface area contributed by atoms with Crippen molar-refractivity contribution in [2.45, 2.75) is 65.3 Å². The Balaban J connectivity index is 2.63. The topological polar surface area (TPSA) is 210 Å². The summed E-state index contributed by atoms with van der Waals surface area (Å²) in [5.74, 6) is -3.86. The van der Waals surface area contributed by atoms with E-state index in [1.165, 1.54) is 6.92 Å². The maximum Gasteiger partial charge on any atom is 0.318 e. The fourth-order valence-electron chi connectivity index (χ4n) is 3.53. The molecule has 1 heterocycles. The second-order valence-electron chi connectivity index (χ2n) is 7.81. The van der Waals surface area contributed by atoms with E-state index in [4.69, 9.17) is 28.4 Å². The molecule has 1 fully saturated rings. The highest BCUT2D eigenvalue weighted by atomic mass is 16.7. The number of non-ortho nitro benzene ring substituents is 1. The molecule has 1 aliphatic heterocycles. The minimum absolute atomic E-state index is 0.0474. The highest BCUT2D eigenvalue weighted by Gasteiger charge is 2.53. The van der Waals surface area contributed by atoms with Crippen LogP contribution in [0.25, 0.3) is 0 Å². The summed E-state index contributed by atoms with van der Waals surface area (Å²) in [5.41, 5.74) is -1.44. The molecule has 1 aliphatic rings. The third kappa shape index (κ3) is 7.57. The van der Waals surface area contributed by atoms with E-state index in [0.29, 0.717) is 6.07 Å². The number of ether oxygens (including phenoxy) is 6. The first-order valence-electron chi connectivity index (χ1n) is 10.6. The van der Waals surface area contributed by atoms with Crippen LogP contribution in [-0.4, -0.2) is 71.0 Å². The van der Waals surface area contributed by atoms with E-state index in [1.54, 1.807) is 0 Å². The molecule has 0 aliphatic carbocycles. The Bertz CT molecular complexity index is 1100. The zero-order valence-electron chi connectivity index (χ0n) is 20.4. The molecule has 0 amide bonds. The zero-order valence-corrected chi connectivity index (χ0v) is 20.4. The number of rotatable bonds is 9. The number of hydrogen-bond donors (Lipinski definition) is 0. The van der Waals surface area contributed by atoms with E-state index in [1.807, 2.05) is 0 Å². The summed E-state index contributed by atoms with van der Waals surface area (Å²) in [6.45, 7) is 4.91. The molecule has 16 heteroatoms. The van der Waals surface area contributed by atoms with E-state index >= 15 is 0 Å². The lowest BCUT2D eigenvalue weighted by atomic mass is 9.98. The van der Waals surface area contributed by atoms with Gasteiger partial charge in [-0.05, 0) is 6.92 Å². The fourth-order valence-corrected chi connectivity index (χ4v) is 3.53. The van der Waals surface area contributed by atoms with E-state index in [-0.39, 0.29) is 5.56 Å². The summed E-state index contributed by atoms with van der Waals surface area (Å²) in [5, 5.41) is 22.8. The van der Waals surface area contributed by atoms with E-state index in [9.17, 15) is 39.4 Å². The first kappa shape index (κ1) is 28.9. The summed E-state index contributed by atoms with van der Waals surface area (Å²) in [6.07, 6.45) is -7.78. The van der Waals surface area contributed by atoms with Gasteiger partial charge in [-0.3, -0.25) is 39.4 Å². The Labute approximate surface area is 209 Å².